The van der Waals surface area contributed by atoms with E-state index in [4.69, 9.17) is 5.11 Å². The van der Waals surface area contributed by atoms with Gasteiger partial charge < -0.3 is 10.0 Å². The summed E-state index contributed by atoms with van der Waals surface area (Å²) in [6.45, 7) is 0. The number of aromatic carboxylic acids is 1. The molecule has 0 bridgehead atoms. The molecular weight excluding hydrogens is 246 g/mol. The largest absolute Gasteiger partial charge is 0.478 e. The average Bonchev–Trinajstić information content (AvgIpc) is 2.84. The van der Waals surface area contributed by atoms with Gasteiger partial charge in [-0.1, -0.05) is 0 Å². The summed E-state index contributed by atoms with van der Waals surface area (Å²) >= 11 is 0. The van der Waals surface area contributed by atoms with Gasteiger partial charge in [-0.2, -0.15) is 5.10 Å². The van der Waals surface area contributed by atoms with Crippen molar-refractivity contribution in [2.75, 3.05) is 11.9 Å². The van der Waals surface area contributed by atoms with Crippen molar-refractivity contribution < 1.29 is 14.7 Å². The van der Waals surface area contributed by atoms with E-state index in [1.165, 1.54) is 23.2 Å². The first kappa shape index (κ1) is 12.8. The molecule has 0 aliphatic heterocycles. The predicted molar refractivity (Wildman–Crippen MR) is 69.3 cm³/mol. The molecule has 1 aromatic carbocycles. The zero-order chi connectivity index (χ0) is 14.0. The maximum absolute atomic E-state index is 12.1. The summed E-state index contributed by atoms with van der Waals surface area (Å²) in [6.07, 6.45) is 3.12. The lowest BCUT2D eigenvalue weighted by molar-refractivity contribution is 0.0696. The second-order valence-electron chi connectivity index (χ2n) is 4.12. The van der Waals surface area contributed by atoms with E-state index in [1.54, 1.807) is 37.1 Å². The summed E-state index contributed by atoms with van der Waals surface area (Å²) in [4.78, 5) is 24.3. The van der Waals surface area contributed by atoms with Gasteiger partial charge in [0.05, 0.1) is 17.3 Å². The molecule has 0 saturated carbocycles. The summed E-state index contributed by atoms with van der Waals surface area (Å²) < 4.78 is 1.55. The van der Waals surface area contributed by atoms with Crippen LogP contribution in [-0.2, 0) is 7.05 Å². The van der Waals surface area contributed by atoms with Crippen LogP contribution in [-0.4, -0.2) is 33.8 Å². The van der Waals surface area contributed by atoms with Crippen LogP contribution in [0.2, 0.25) is 0 Å². The Balaban J connectivity index is 2.21. The van der Waals surface area contributed by atoms with Gasteiger partial charge in [0.25, 0.3) is 5.91 Å². The number of carbonyl (C=O) groups excluding carboxylic acids is 1. The molecule has 0 fully saturated rings. The van der Waals surface area contributed by atoms with Crippen LogP contribution in [0.1, 0.15) is 20.7 Å². The number of anilines is 1. The molecule has 0 aliphatic rings. The lowest BCUT2D eigenvalue weighted by atomic mass is 10.2. The molecule has 1 amide bonds. The Morgan fingerprint density at radius 2 is 1.84 bits per heavy atom. The third-order valence-corrected chi connectivity index (χ3v) is 2.76. The monoisotopic (exact) mass is 259 g/mol. The molecule has 0 saturated heterocycles. The summed E-state index contributed by atoms with van der Waals surface area (Å²) in [6, 6.07) is 6.12. The number of amides is 1. The minimum Gasteiger partial charge on any atom is -0.478 e. The maximum Gasteiger partial charge on any atom is 0.335 e. The van der Waals surface area contributed by atoms with Crippen LogP contribution in [0.3, 0.4) is 0 Å². The van der Waals surface area contributed by atoms with E-state index < -0.39 is 5.97 Å². The Labute approximate surface area is 109 Å². The van der Waals surface area contributed by atoms with E-state index in [0.29, 0.717) is 11.3 Å². The number of aryl methyl sites for hydroxylation is 1. The number of carbonyl (C=O) groups is 2. The van der Waals surface area contributed by atoms with Crippen LogP contribution < -0.4 is 4.90 Å². The minimum atomic E-state index is -0.993. The Morgan fingerprint density at radius 3 is 2.32 bits per heavy atom. The molecule has 1 heterocycles. The molecule has 2 rings (SSSR count). The summed E-state index contributed by atoms with van der Waals surface area (Å²) in [7, 11) is 3.36. The van der Waals surface area contributed by atoms with Gasteiger partial charge in [-0.25, -0.2) is 4.79 Å². The van der Waals surface area contributed by atoms with Crippen LogP contribution in [0, 0.1) is 0 Å². The molecule has 0 radical (unpaired) electrons. The highest BCUT2D eigenvalue weighted by atomic mass is 16.4. The van der Waals surface area contributed by atoms with Crippen LogP contribution >= 0.6 is 0 Å². The van der Waals surface area contributed by atoms with Gasteiger partial charge in [-0.15, -0.1) is 0 Å². The van der Waals surface area contributed by atoms with E-state index >= 15 is 0 Å². The molecule has 1 N–H and O–H groups in total. The molecule has 6 heteroatoms. The lowest BCUT2D eigenvalue weighted by Gasteiger charge is -2.16. The first-order valence-electron chi connectivity index (χ1n) is 5.59. The highest BCUT2D eigenvalue weighted by molar-refractivity contribution is 6.05. The van der Waals surface area contributed by atoms with Crippen LogP contribution in [0.25, 0.3) is 0 Å². The van der Waals surface area contributed by atoms with Crippen molar-refractivity contribution in [3.8, 4) is 0 Å². The number of aromatic nitrogens is 2. The summed E-state index contributed by atoms with van der Waals surface area (Å²) in [5.74, 6) is -1.19. The highest BCUT2D eigenvalue weighted by Crippen LogP contribution is 2.16. The predicted octanol–water partition coefficient (Wildman–Crippen LogP) is 1.39. The van der Waals surface area contributed by atoms with Gasteiger partial charge >= 0.3 is 5.97 Å². The van der Waals surface area contributed by atoms with Gasteiger partial charge in [-0.3, -0.25) is 9.48 Å². The molecule has 0 unspecified atom stereocenters. The number of carboxylic acid groups (broad SMARTS) is 1. The maximum atomic E-state index is 12.1. The van der Waals surface area contributed by atoms with Crippen molar-refractivity contribution in [2.24, 2.45) is 7.05 Å². The van der Waals surface area contributed by atoms with Gasteiger partial charge in [0, 0.05) is 26.0 Å². The first-order valence-corrected chi connectivity index (χ1v) is 5.59. The highest BCUT2D eigenvalue weighted by Gasteiger charge is 2.15. The second-order valence-corrected chi connectivity index (χ2v) is 4.12. The summed E-state index contributed by atoms with van der Waals surface area (Å²) in [5, 5.41) is 12.8. The quantitative estimate of drug-likeness (QED) is 0.903. The molecule has 2 aromatic rings. The zero-order valence-electron chi connectivity index (χ0n) is 10.6. The van der Waals surface area contributed by atoms with E-state index in [2.05, 4.69) is 5.10 Å². The number of nitrogens with zero attached hydrogens (tertiary/aromatic N) is 3. The van der Waals surface area contributed by atoms with E-state index in [1.807, 2.05) is 0 Å². The Kier molecular flexibility index (Phi) is 3.33. The van der Waals surface area contributed by atoms with Gasteiger partial charge in [0.2, 0.25) is 0 Å². The Bertz CT molecular complexity index is 616. The van der Waals surface area contributed by atoms with Crippen LogP contribution in [0.5, 0.6) is 0 Å². The second kappa shape index (κ2) is 4.93. The number of hydrogen-bond acceptors (Lipinski definition) is 3. The molecule has 98 valence electrons. The molecule has 0 spiro atoms. The van der Waals surface area contributed by atoms with Gasteiger partial charge in [0.15, 0.2) is 0 Å². The van der Waals surface area contributed by atoms with E-state index in [9.17, 15) is 9.59 Å². The third-order valence-electron chi connectivity index (χ3n) is 2.76. The van der Waals surface area contributed by atoms with Crippen molar-refractivity contribution in [3.05, 3.63) is 47.8 Å². The first-order chi connectivity index (χ1) is 8.99. The molecule has 1 aromatic heterocycles. The normalized spacial score (nSPS) is 10.2. The van der Waals surface area contributed by atoms with Crippen molar-refractivity contribution >= 4 is 17.6 Å². The SMILES string of the molecule is CN(C(=O)c1cnn(C)c1)c1ccc(C(=O)O)cc1. The third kappa shape index (κ3) is 2.62. The number of hydrogen-bond donors (Lipinski definition) is 1. The van der Waals surface area contributed by atoms with Gasteiger partial charge in [-0.05, 0) is 24.3 Å². The number of carboxylic acids is 1. The van der Waals surface area contributed by atoms with E-state index in [0.717, 1.165) is 0 Å². The Morgan fingerprint density at radius 1 is 1.21 bits per heavy atom. The zero-order valence-corrected chi connectivity index (χ0v) is 10.6. The van der Waals surface area contributed by atoms with Crippen LogP contribution in [0.15, 0.2) is 36.7 Å². The number of benzene rings is 1. The summed E-state index contributed by atoms with van der Waals surface area (Å²) in [5.41, 5.74) is 1.29. The fourth-order valence-corrected chi connectivity index (χ4v) is 1.67. The van der Waals surface area contributed by atoms with Gasteiger partial charge in [0.1, 0.15) is 0 Å². The van der Waals surface area contributed by atoms with Crippen molar-refractivity contribution in [1.82, 2.24) is 9.78 Å². The topological polar surface area (TPSA) is 75.4 Å². The fourth-order valence-electron chi connectivity index (χ4n) is 1.67. The minimum absolute atomic E-state index is 0.186. The van der Waals surface area contributed by atoms with Crippen molar-refractivity contribution in [3.63, 3.8) is 0 Å². The average molecular weight is 259 g/mol. The standard InChI is InChI=1S/C13H13N3O3/c1-15-8-10(7-14-15)12(17)16(2)11-5-3-9(4-6-11)13(18)19/h3-8H,1-2H3,(H,18,19). The van der Waals surface area contributed by atoms with E-state index in [-0.39, 0.29) is 11.5 Å². The molecule has 19 heavy (non-hydrogen) atoms. The number of rotatable bonds is 3. The smallest absolute Gasteiger partial charge is 0.335 e. The van der Waals surface area contributed by atoms with Crippen molar-refractivity contribution in [2.45, 2.75) is 0 Å². The lowest BCUT2D eigenvalue weighted by Crippen LogP contribution is -2.25. The van der Waals surface area contributed by atoms with Crippen LogP contribution in [0.4, 0.5) is 5.69 Å². The molecular formula is C13H13N3O3. The molecule has 0 atom stereocenters. The molecule has 6 nitrogen and oxygen atoms in total. The van der Waals surface area contributed by atoms with Crippen molar-refractivity contribution in [1.29, 1.82) is 0 Å². The molecule has 0 aliphatic carbocycles. The fraction of sp³-hybridized carbons (Fsp3) is 0.154. The Hall–Kier alpha value is -2.63.